The lowest BCUT2D eigenvalue weighted by molar-refractivity contribution is 0.979. The highest BCUT2D eigenvalue weighted by atomic mass is 14.7. The monoisotopic (exact) mass is 162 g/mol. The number of rotatable bonds is 2. The Bertz CT molecular complexity index is 283. The summed E-state index contributed by atoms with van der Waals surface area (Å²) in [6.45, 7) is 0.621. The molecule has 0 spiro atoms. The zero-order valence-corrected chi connectivity index (χ0v) is 7.03. The van der Waals surface area contributed by atoms with Gasteiger partial charge in [-0.3, -0.25) is 0 Å². The Morgan fingerprint density at radius 3 is 2.75 bits per heavy atom. The van der Waals surface area contributed by atoms with Gasteiger partial charge >= 0.3 is 0 Å². The van der Waals surface area contributed by atoms with Crippen molar-refractivity contribution >= 4 is 0 Å². The molecule has 64 valence electrons. The van der Waals surface area contributed by atoms with Gasteiger partial charge in [-0.25, -0.2) is 0 Å². The summed E-state index contributed by atoms with van der Waals surface area (Å²) in [5, 5.41) is 0. The minimum absolute atomic E-state index is 0.387. The van der Waals surface area contributed by atoms with Gasteiger partial charge in [-0.15, -0.1) is 0 Å². The van der Waals surface area contributed by atoms with E-state index >= 15 is 0 Å². The molecule has 0 radical (unpaired) electrons. The van der Waals surface area contributed by atoms with Crippen LogP contribution in [0.25, 0.3) is 0 Å². The molecule has 0 unspecified atom stereocenters. The van der Waals surface area contributed by atoms with Gasteiger partial charge in [-0.05, 0) is 17.5 Å². The number of hydrogen-bond donors (Lipinski definition) is 2. The van der Waals surface area contributed by atoms with E-state index in [1.54, 1.807) is 0 Å². The van der Waals surface area contributed by atoms with Crippen LogP contribution in [0.1, 0.15) is 23.5 Å². The maximum Gasteiger partial charge on any atom is 0.0178 e. The van der Waals surface area contributed by atoms with Crippen LogP contribution in [0, 0.1) is 0 Å². The molecule has 0 aliphatic heterocycles. The van der Waals surface area contributed by atoms with Crippen molar-refractivity contribution in [1.82, 2.24) is 0 Å². The average molecular weight is 162 g/mol. The Morgan fingerprint density at radius 1 is 1.42 bits per heavy atom. The van der Waals surface area contributed by atoms with E-state index in [1.807, 2.05) is 0 Å². The lowest BCUT2D eigenvalue weighted by Crippen LogP contribution is -2.02. The third-order valence-corrected chi connectivity index (χ3v) is 2.45. The highest BCUT2D eigenvalue weighted by Crippen LogP contribution is 2.38. The maximum atomic E-state index is 5.76. The number of hydrogen-bond acceptors (Lipinski definition) is 2. The van der Waals surface area contributed by atoms with E-state index in [0.717, 1.165) is 6.42 Å². The van der Waals surface area contributed by atoms with Gasteiger partial charge in [0.2, 0.25) is 0 Å². The predicted molar refractivity (Wildman–Crippen MR) is 49.7 cm³/mol. The Hall–Kier alpha value is -0.860. The normalized spacial score (nSPS) is 27.2. The Labute approximate surface area is 72.6 Å². The molecule has 2 atom stereocenters. The first-order chi connectivity index (χ1) is 5.81. The first-order valence-corrected chi connectivity index (χ1v) is 4.36. The molecule has 1 fully saturated rings. The quantitative estimate of drug-likeness (QED) is 0.680. The molecule has 2 rings (SSSR count). The van der Waals surface area contributed by atoms with Crippen molar-refractivity contribution in [2.24, 2.45) is 11.5 Å². The molecule has 2 heteroatoms. The first kappa shape index (κ1) is 7.77. The van der Waals surface area contributed by atoms with Gasteiger partial charge in [0.05, 0.1) is 0 Å². The fraction of sp³-hybridized carbons (Fsp3) is 0.400. The molecule has 1 aliphatic rings. The van der Waals surface area contributed by atoms with Crippen LogP contribution < -0.4 is 11.5 Å². The van der Waals surface area contributed by atoms with Crippen molar-refractivity contribution in [3.8, 4) is 0 Å². The summed E-state index contributed by atoms with van der Waals surface area (Å²) in [6.07, 6.45) is 1.13. The zero-order chi connectivity index (χ0) is 8.55. The first-order valence-electron chi connectivity index (χ1n) is 4.36. The lowest BCUT2D eigenvalue weighted by Gasteiger charge is -2.01. The van der Waals surface area contributed by atoms with Gasteiger partial charge in [0.25, 0.3) is 0 Å². The molecule has 0 heterocycles. The maximum absolute atomic E-state index is 5.76. The minimum Gasteiger partial charge on any atom is -0.327 e. The molecular formula is C10H14N2. The second kappa shape index (κ2) is 2.88. The van der Waals surface area contributed by atoms with Crippen LogP contribution in [0.5, 0.6) is 0 Å². The van der Waals surface area contributed by atoms with Gasteiger partial charge in [-0.2, -0.15) is 0 Å². The Kier molecular flexibility index (Phi) is 1.87. The summed E-state index contributed by atoms with van der Waals surface area (Å²) in [5.74, 6) is 0.594. The molecule has 0 aromatic heterocycles. The average Bonchev–Trinajstić information content (AvgIpc) is 2.83. The molecule has 0 amide bonds. The SMILES string of the molecule is NCc1cccc([C@H]2C[C@H]2N)c1. The van der Waals surface area contributed by atoms with Crippen LogP contribution in [-0.2, 0) is 6.54 Å². The third-order valence-electron chi connectivity index (χ3n) is 2.45. The minimum atomic E-state index is 0.387. The summed E-state index contributed by atoms with van der Waals surface area (Å²) in [7, 11) is 0. The third kappa shape index (κ3) is 1.36. The summed E-state index contributed by atoms with van der Waals surface area (Å²) >= 11 is 0. The number of benzene rings is 1. The molecule has 2 nitrogen and oxygen atoms in total. The van der Waals surface area contributed by atoms with Gasteiger partial charge in [-0.1, -0.05) is 24.3 Å². The van der Waals surface area contributed by atoms with Crippen molar-refractivity contribution in [2.45, 2.75) is 24.9 Å². The highest BCUT2D eigenvalue weighted by Gasteiger charge is 2.34. The van der Waals surface area contributed by atoms with Crippen LogP contribution in [0.4, 0.5) is 0 Å². The van der Waals surface area contributed by atoms with E-state index in [2.05, 4.69) is 24.3 Å². The van der Waals surface area contributed by atoms with Gasteiger partial charge < -0.3 is 11.5 Å². The summed E-state index contributed by atoms with van der Waals surface area (Å²) in [6, 6.07) is 8.80. The fourth-order valence-corrected chi connectivity index (χ4v) is 1.55. The molecule has 1 aliphatic carbocycles. The summed E-state index contributed by atoms with van der Waals surface area (Å²) in [4.78, 5) is 0. The Morgan fingerprint density at radius 2 is 2.17 bits per heavy atom. The van der Waals surface area contributed by atoms with Crippen molar-refractivity contribution in [1.29, 1.82) is 0 Å². The van der Waals surface area contributed by atoms with Gasteiger partial charge in [0.1, 0.15) is 0 Å². The zero-order valence-electron chi connectivity index (χ0n) is 7.03. The van der Waals surface area contributed by atoms with Gasteiger partial charge in [0, 0.05) is 18.5 Å². The Balaban J connectivity index is 2.21. The van der Waals surface area contributed by atoms with Crippen molar-refractivity contribution < 1.29 is 0 Å². The molecule has 1 aromatic rings. The van der Waals surface area contributed by atoms with Crippen LogP contribution >= 0.6 is 0 Å². The molecule has 4 N–H and O–H groups in total. The topological polar surface area (TPSA) is 52.0 Å². The van der Waals surface area contributed by atoms with Crippen molar-refractivity contribution in [3.05, 3.63) is 35.4 Å². The standard InChI is InChI=1S/C10H14N2/c11-6-7-2-1-3-8(4-7)9-5-10(9)12/h1-4,9-10H,5-6,11-12H2/t9-,10-/m1/s1. The largest absolute Gasteiger partial charge is 0.327 e. The van der Waals surface area contributed by atoms with E-state index in [1.165, 1.54) is 11.1 Å². The van der Waals surface area contributed by atoms with Crippen molar-refractivity contribution in [2.75, 3.05) is 0 Å². The molecular weight excluding hydrogens is 148 g/mol. The highest BCUT2D eigenvalue weighted by molar-refractivity contribution is 5.31. The second-order valence-electron chi connectivity index (χ2n) is 3.46. The van der Waals surface area contributed by atoms with E-state index < -0.39 is 0 Å². The van der Waals surface area contributed by atoms with Crippen LogP contribution in [0.3, 0.4) is 0 Å². The smallest absolute Gasteiger partial charge is 0.0178 e. The molecule has 1 saturated carbocycles. The number of nitrogens with two attached hydrogens (primary N) is 2. The van der Waals surface area contributed by atoms with Crippen LogP contribution in [0.15, 0.2) is 24.3 Å². The van der Waals surface area contributed by atoms with E-state index in [4.69, 9.17) is 11.5 Å². The van der Waals surface area contributed by atoms with Gasteiger partial charge in [0.15, 0.2) is 0 Å². The van der Waals surface area contributed by atoms with E-state index in [-0.39, 0.29) is 0 Å². The molecule has 1 aromatic carbocycles. The molecule has 0 bridgehead atoms. The summed E-state index contributed by atoms with van der Waals surface area (Å²) in [5.41, 5.74) is 13.9. The van der Waals surface area contributed by atoms with Crippen LogP contribution in [0.2, 0.25) is 0 Å². The van der Waals surface area contributed by atoms with E-state index in [9.17, 15) is 0 Å². The second-order valence-corrected chi connectivity index (χ2v) is 3.46. The fourth-order valence-electron chi connectivity index (χ4n) is 1.55. The molecule has 12 heavy (non-hydrogen) atoms. The lowest BCUT2D eigenvalue weighted by atomic mass is 10.1. The van der Waals surface area contributed by atoms with Crippen molar-refractivity contribution in [3.63, 3.8) is 0 Å². The predicted octanol–water partition coefficient (Wildman–Crippen LogP) is 0.960. The van der Waals surface area contributed by atoms with Crippen LogP contribution in [-0.4, -0.2) is 6.04 Å². The molecule has 0 saturated heterocycles. The van der Waals surface area contributed by atoms with E-state index in [0.29, 0.717) is 18.5 Å². The summed E-state index contributed by atoms with van der Waals surface area (Å²) < 4.78 is 0.